The van der Waals surface area contributed by atoms with Gasteiger partial charge in [-0.05, 0) is 64.0 Å². The summed E-state index contributed by atoms with van der Waals surface area (Å²) < 4.78 is 11.9. The molecule has 0 aromatic heterocycles. The van der Waals surface area contributed by atoms with Crippen LogP contribution in [0.3, 0.4) is 0 Å². The molecule has 1 amide bonds. The first kappa shape index (κ1) is 18.1. The molecule has 0 atom stereocenters. The van der Waals surface area contributed by atoms with Gasteiger partial charge in [-0.1, -0.05) is 15.9 Å². The highest BCUT2D eigenvalue weighted by atomic mass is 79.9. The van der Waals surface area contributed by atoms with E-state index in [1.54, 1.807) is 0 Å². The number of nitrogens with zero attached hydrogens (tertiary/aromatic N) is 1. The maximum atomic E-state index is 11.5. The third-order valence-corrected chi connectivity index (χ3v) is 3.78. The summed E-state index contributed by atoms with van der Waals surface area (Å²) in [6.07, 6.45) is 0.863. The summed E-state index contributed by atoms with van der Waals surface area (Å²) in [4.78, 5) is 13.9. The average molecular weight is 385 g/mol. The van der Waals surface area contributed by atoms with Crippen molar-refractivity contribution in [2.24, 2.45) is 0 Å². The van der Waals surface area contributed by atoms with Crippen LogP contribution in [0.4, 0.5) is 4.79 Å². The molecule has 1 heterocycles. The second kappa shape index (κ2) is 8.02. The first-order valence-electron chi connectivity index (χ1n) is 7.93. The van der Waals surface area contributed by atoms with Gasteiger partial charge >= 0.3 is 6.09 Å². The van der Waals surface area contributed by atoms with E-state index in [1.807, 2.05) is 26.8 Å². The van der Waals surface area contributed by atoms with Crippen LogP contribution >= 0.6 is 15.9 Å². The fourth-order valence-corrected chi connectivity index (χ4v) is 2.75. The molecule has 2 rings (SSSR count). The molecular formula is C17H25BrN2O3. The number of hydrogen-bond donors (Lipinski definition) is 1. The fourth-order valence-electron chi connectivity index (χ4n) is 2.23. The van der Waals surface area contributed by atoms with Crippen molar-refractivity contribution in [3.8, 4) is 5.75 Å². The summed E-state index contributed by atoms with van der Waals surface area (Å²) in [5.41, 5.74) is 0.746. The first-order valence-corrected chi connectivity index (χ1v) is 8.72. The lowest BCUT2D eigenvalue weighted by atomic mass is 10.1. The third-order valence-electron chi connectivity index (χ3n) is 3.32. The highest BCUT2D eigenvalue weighted by Gasteiger charge is 2.16. The maximum Gasteiger partial charge on any atom is 0.407 e. The van der Waals surface area contributed by atoms with Gasteiger partial charge in [0.15, 0.2) is 0 Å². The van der Waals surface area contributed by atoms with Crippen LogP contribution in [-0.4, -0.2) is 42.8 Å². The van der Waals surface area contributed by atoms with Crippen molar-refractivity contribution < 1.29 is 14.3 Å². The number of rotatable bonds is 6. The molecule has 5 nitrogen and oxygen atoms in total. The van der Waals surface area contributed by atoms with Gasteiger partial charge in [0.1, 0.15) is 18.0 Å². The third kappa shape index (κ3) is 6.79. The Kier molecular flexibility index (Phi) is 6.30. The Balaban J connectivity index is 1.75. The molecule has 1 aromatic carbocycles. The Labute approximate surface area is 146 Å². The lowest BCUT2D eigenvalue weighted by molar-refractivity contribution is 0.0520. The van der Waals surface area contributed by atoms with Crippen LogP contribution in [0.25, 0.3) is 0 Å². The summed E-state index contributed by atoms with van der Waals surface area (Å²) in [6, 6.07) is 6.10. The quantitative estimate of drug-likeness (QED) is 0.761. The van der Waals surface area contributed by atoms with E-state index in [0.717, 1.165) is 16.8 Å². The molecule has 1 fully saturated rings. The minimum absolute atomic E-state index is 0.402. The number of nitrogens with one attached hydrogen (secondary N) is 1. The van der Waals surface area contributed by atoms with Crippen molar-refractivity contribution in [2.75, 3.05) is 26.2 Å². The molecule has 0 aliphatic carbocycles. The zero-order valence-electron chi connectivity index (χ0n) is 14.0. The Bertz CT molecular complexity index is 539. The number of hydrogen-bond acceptors (Lipinski definition) is 4. The Morgan fingerprint density at radius 3 is 2.65 bits per heavy atom. The molecule has 0 saturated carbocycles. The van der Waals surface area contributed by atoms with Gasteiger partial charge < -0.3 is 14.8 Å². The molecule has 0 bridgehead atoms. The summed E-state index contributed by atoms with van der Waals surface area (Å²) in [5.74, 6) is 0.806. The molecule has 0 radical (unpaired) electrons. The van der Waals surface area contributed by atoms with Crippen LogP contribution < -0.4 is 10.1 Å². The predicted molar refractivity (Wildman–Crippen MR) is 93.8 cm³/mol. The van der Waals surface area contributed by atoms with E-state index in [4.69, 9.17) is 9.47 Å². The van der Waals surface area contributed by atoms with Crippen LogP contribution in [-0.2, 0) is 11.3 Å². The van der Waals surface area contributed by atoms with Crippen molar-refractivity contribution in [3.63, 3.8) is 0 Å². The van der Waals surface area contributed by atoms with Gasteiger partial charge in [-0.15, -0.1) is 0 Å². The Hall–Kier alpha value is -1.27. The van der Waals surface area contributed by atoms with Crippen molar-refractivity contribution >= 4 is 22.0 Å². The summed E-state index contributed by atoms with van der Waals surface area (Å²) in [7, 11) is 0. The zero-order chi connectivity index (χ0) is 16.9. The predicted octanol–water partition coefficient (Wildman–Crippen LogP) is 3.56. The van der Waals surface area contributed by atoms with Gasteiger partial charge in [-0.2, -0.15) is 0 Å². The van der Waals surface area contributed by atoms with Crippen molar-refractivity contribution in [1.29, 1.82) is 0 Å². The average Bonchev–Trinajstić information content (AvgIpc) is 2.36. The SMILES string of the molecule is CC(C)(C)OC(=O)NCCOc1cc(Br)cc(CN2CCC2)c1. The van der Waals surface area contributed by atoms with Gasteiger partial charge in [-0.3, -0.25) is 4.90 Å². The minimum atomic E-state index is -0.485. The van der Waals surface area contributed by atoms with E-state index in [2.05, 4.69) is 38.3 Å². The molecule has 1 N–H and O–H groups in total. The van der Waals surface area contributed by atoms with E-state index in [9.17, 15) is 4.79 Å². The van der Waals surface area contributed by atoms with E-state index in [1.165, 1.54) is 25.1 Å². The van der Waals surface area contributed by atoms with Gasteiger partial charge in [0.2, 0.25) is 0 Å². The molecule has 1 saturated heterocycles. The number of ether oxygens (including phenoxy) is 2. The lowest BCUT2D eigenvalue weighted by Gasteiger charge is -2.30. The highest BCUT2D eigenvalue weighted by molar-refractivity contribution is 9.10. The number of halogens is 1. The molecule has 0 spiro atoms. The molecule has 6 heteroatoms. The first-order chi connectivity index (χ1) is 10.8. The molecule has 0 unspecified atom stereocenters. The maximum absolute atomic E-state index is 11.5. The van der Waals surface area contributed by atoms with Gasteiger partial charge in [-0.25, -0.2) is 4.79 Å². The number of alkyl carbamates (subject to hydrolysis) is 1. The standard InChI is InChI=1S/C17H25BrN2O3/c1-17(2,3)23-16(21)19-5-8-22-15-10-13(9-14(18)11-15)12-20-6-4-7-20/h9-11H,4-8,12H2,1-3H3,(H,19,21). The van der Waals surface area contributed by atoms with Gasteiger partial charge in [0.25, 0.3) is 0 Å². The smallest absolute Gasteiger partial charge is 0.407 e. The van der Waals surface area contributed by atoms with Crippen molar-refractivity contribution in [2.45, 2.75) is 39.3 Å². The Morgan fingerprint density at radius 1 is 1.30 bits per heavy atom. The number of carbonyl (C=O) groups excluding carboxylic acids is 1. The lowest BCUT2D eigenvalue weighted by Crippen LogP contribution is -2.36. The molecule has 1 aliphatic rings. The number of carbonyl (C=O) groups is 1. The van der Waals surface area contributed by atoms with Crippen LogP contribution in [0.15, 0.2) is 22.7 Å². The summed E-state index contributed by atoms with van der Waals surface area (Å²) >= 11 is 3.52. The topological polar surface area (TPSA) is 50.8 Å². The summed E-state index contributed by atoms with van der Waals surface area (Å²) in [6.45, 7) is 9.61. The van der Waals surface area contributed by atoms with E-state index < -0.39 is 11.7 Å². The second-order valence-electron chi connectivity index (χ2n) is 6.70. The number of benzene rings is 1. The van der Waals surface area contributed by atoms with Crippen LogP contribution in [0, 0.1) is 0 Å². The van der Waals surface area contributed by atoms with Gasteiger partial charge in [0, 0.05) is 11.0 Å². The number of likely N-dealkylation sites (tertiary alicyclic amines) is 1. The van der Waals surface area contributed by atoms with E-state index in [-0.39, 0.29) is 0 Å². The fraction of sp³-hybridized carbons (Fsp3) is 0.588. The molecular weight excluding hydrogens is 360 g/mol. The number of amides is 1. The minimum Gasteiger partial charge on any atom is -0.492 e. The van der Waals surface area contributed by atoms with Crippen LogP contribution in [0.2, 0.25) is 0 Å². The normalized spacial score (nSPS) is 15.0. The molecule has 1 aromatic rings. The Morgan fingerprint density at radius 2 is 2.04 bits per heavy atom. The van der Waals surface area contributed by atoms with Crippen LogP contribution in [0.5, 0.6) is 5.75 Å². The van der Waals surface area contributed by atoms with Crippen molar-refractivity contribution in [3.05, 3.63) is 28.2 Å². The molecule has 23 heavy (non-hydrogen) atoms. The largest absolute Gasteiger partial charge is 0.492 e. The van der Waals surface area contributed by atoms with Gasteiger partial charge in [0.05, 0.1) is 6.54 Å². The van der Waals surface area contributed by atoms with E-state index >= 15 is 0 Å². The highest BCUT2D eigenvalue weighted by Crippen LogP contribution is 2.23. The van der Waals surface area contributed by atoms with E-state index in [0.29, 0.717) is 13.2 Å². The summed E-state index contributed by atoms with van der Waals surface area (Å²) in [5, 5.41) is 2.68. The van der Waals surface area contributed by atoms with Crippen molar-refractivity contribution in [1.82, 2.24) is 10.2 Å². The monoisotopic (exact) mass is 384 g/mol. The zero-order valence-corrected chi connectivity index (χ0v) is 15.6. The second-order valence-corrected chi connectivity index (χ2v) is 7.62. The van der Waals surface area contributed by atoms with Crippen LogP contribution in [0.1, 0.15) is 32.8 Å². The molecule has 1 aliphatic heterocycles. The molecule has 128 valence electrons.